The summed E-state index contributed by atoms with van der Waals surface area (Å²) in [6.07, 6.45) is 2.27. The molecule has 3 aromatic rings. The molecule has 0 aromatic carbocycles. The smallest absolute Gasteiger partial charge is 0.345 e. The molecule has 12 heteroatoms. The van der Waals surface area contributed by atoms with E-state index in [4.69, 9.17) is 4.74 Å². The molecule has 1 aliphatic carbocycles. The van der Waals surface area contributed by atoms with Gasteiger partial charge < -0.3 is 9.47 Å². The summed E-state index contributed by atoms with van der Waals surface area (Å²) in [4.78, 5) is 7.93. The van der Waals surface area contributed by atoms with E-state index in [-0.39, 0.29) is 28.6 Å². The molecule has 0 saturated heterocycles. The van der Waals surface area contributed by atoms with E-state index in [0.29, 0.717) is 0 Å². The lowest BCUT2D eigenvalue weighted by Crippen LogP contribution is -2.43. The summed E-state index contributed by atoms with van der Waals surface area (Å²) in [5.41, 5.74) is 0.815. The number of hydrogen-bond acceptors (Lipinski definition) is 6. The highest BCUT2D eigenvalue weighted by Gasteiger charge is 2.47. The van der Waals surface area contributed by atoms with Gasteiger partial charge in [0.1, 0.15) is 12.7 Å². The van der Waals surface area contributed by atoms with Crippen molar-refractivity contribution in [2.75, 3.05) is 0 Å². The molecule has 1 aliphatic rings. The zero-order valence-electron chi connectivity index (χ0n) is 14.0. The Labute approximate surface area is 154 Å². The number of nitrogens with zero attached hydrogens (tertiary/aromatic N) is 5. The Kier molecular flexibility index (Phi) is 4.57. The molecule has 0 radical (unpaired) electrons. The van der Waals surface area contributed by atoms with Crippen LogP contribution in [0.1, 0.15) is 18.7 Å². The van der Waals surface area contributed by atoms with Crippen molar-refractivity contribution >= 4 is 5.65 Å². The van der Waals surface area contributed by atoms with Crippen molar-refractivity contribution < 1.29 is 31.4 Å². The van der Waals surface area contributed by atoms with Crippen molar-refractivity contribution in [3.63, 3.8) is 0 Å². The molecule has 0 spiro atoms. The van der Waals surface area contributed by atoms with E-state index < -0.39 is 43.9 Å². The molecule has 28 heavy (non-hydrogen) atoms. The highest BCUT2D eigenvalue weighted by Crippen LogP contribution is 2.39. The number of hydrogen-bond donors (Lipinski definition) is 0. The van der Waals surface area contributed by atoms with Crippen LogP contribution >= 0.6 is 0 Å². The van der Waals surface area contributed by atoms with Crippen molar-refractivity contribution in [2.24, 2.45) is 0 Å². The van der Waals surface area contributed by atoms with Crippen molar-refractivity contribution in [1.82, 2.24) is 24.6 Å². The van der Waals surface area contributed by atoms with Gasteiger partial charge in [0.25, 0.3) is 11.8 Å². The number of aromatic nitrogens is 5. The third-order valence-corrected chi connectivity index (χ3v) is 4.14. The first-order valence-corrected chi connectivity index (χ1v) is 8.10. The summed E-state index contributed by atoms with van der Waals surface area (Å²) < 4.78 is 75.1. The molecule has 0 bridgehead atoms. The van der Waals surface area contributed by atoms with Crippen molar-refractivity contribution in [2.45, 2.75) is 38.1 Å². The number of halogens is 5. The number of ether oxygens (including phenoxy) is 2. The largest absolute Gasteiger partial charge is 0.472 e. The summed E-state index contributed by atoms with van der Waals surface area (Å²) in [5.74, 6) is -3.89. The lowest BCUT2D eigenvalue weighted by Gasteiger charge is -2.34. The summed E-state index contributed by atoms with van der Waals surface area (Å²) in [5, 5.41) is 7.52. The second-order valence-electron chi connectivity index (χ2n) is 6.20. The maximum Gasteiger partial charge on any atom is 0.345 e. The van der Waals surface area contributed by atoms with E-state index >= 15 is 0 Å². The second kappa shape index (κ2) is 6.93. The normalized spacial score (nSPS) is 16.5. The Morgan fingerprint density at radius 1 is 1.18 bits per heavy atom. The van der Waals surface area contributed by atoms with E-state index in [1.54, 1.807) is 0 Å². The highest BCUT2D eigenvalue weighted by atomic mass is 19.3. The van der Waals surface area contributed by atoms with Gasteiger partial charge >= 0.3 is 6.61 Å². The van der Waals surface area contributed by atoms with Crippen LogP contribution in [-0.4, -0.2) is 43.2 Å². The van der Waals surface area contributed by atoms with Crippen LogP contribution in [0.15, 0.2) is 24.7 Å². The van der Waals surface area contributed by atoms with Gasteiger partial charge in [-0.05, 0) is 6.07 Å². The van der Waals surface area contributed by atoms with Gasteiger partial charge in [-0.15, -0.1) is 10.2 Å². The third kappa shape index (κ3) is 3.72. The zero-order valence-corrected chi connectivity index (χ0v) is 14.0. The minimum Gasteiger partial charge on any atom is -0.472 e. The van der Waals surface area contributed by atoms with Crippen molar-refractivity contribution in [3.8, 4) is 17.1 Å². The SMILES string of the molecule is Fc1cc(-c2cn3c(COC(F)F)nnc3cn2)cnc1OC1CC(F)(F)C1. The Balaban J connectivity index is 1.55. The lowest BCUT2D eigenvalue weighted by molar-refractivity contribution is -0.139. The van der Waals surface area contributed by atoms with E-state index in [1.165, 1.54) is 23.0 Å². The molecule has 1 saturated carbocycles. The first-order valence-electron chi connectivity index (χ1n) is 8.10. The first kappa shape index (κ1) is 18.5. The van der Waals surface area contributed by atoms with Gasteiger partial charge in [0.05, 0.1) is 11.9 Å². The molecule has 1 fully saturated rings. The molecule has 7 nitrogen and oxygen atoms in total. The molecule has 0 unspecified atom stereocenters. The van der Waals surface area contributed by atoms with Gasteiger partial charge in [0.15, 0.2) is 17.3 Å². The molecule has 0 aliphatic heterocycles. The molecule has 0 atom stereocenters. The zero-order chi connectivity index (χ0) is 19.9. The number of rotatable bonds is 6. The minimum atomic E-state index is -2.96. The topological polar surface area (TPSA) is 74.4 Å². The van der Waals surface area contributed by atoms with E-state index in [0.717, 1.165) is 6.07 Å². The van der Waals surface area contributed by atoms with Gasteiger partial charge in [0.2, 0.25) is 0 Å². The Hall–Kier alpha value is -2.89. The fourth-order valence-electron chi connectivity index (χ4n) is 2.73. The van der Waals surface area contributed by atoms with E-state index in [1.807, 2.05) is 0 Å². The summed E-state index contributed by atoms with van der Waals surface area (Å²) >= 11 is 0. The summed E-state index contributed by atoms with van der Waals surface area (Å²) in [6, 6.07) is 1.09. The van der Waals surface area contributed by atoms with Crippen LogP contribution in [0.3, 0.4) is 0 Å². The van der Waals surface area contributed by atoms with Crippen LogP contribution in [0.5, 0.6) is 5.88 Å². The van der Waals surface area contributed by atoms with Gasteiger partial charge in [-0.3, -0.25) is 9.38 Å². The Bertz CT molecular complexity index is 1000. The monoisotopic (exact) mass is 401 g/mol. The molecule has 4 rings (SSSR count). The van der Waals surface area contributed by atoms with E-state index in [9.17, 15) is 22.0 Å². The fourth-order valence-corrected chi connectivity index (χ4v) is 2.73. The fraction of sp³-hybridized carbons (Fsp3) is 0.375. The molecule has 3 aromatic heterocycles. The van der Waals surface area contributed by atoms with Crippen molar-refractivity contribution in [3.05, 3.63) is 36.3 Å². The molecular formula is C16H12F5N5O2. The maximum atomic E-state index is 14.3. The average Bonchev–Trinajstić information content (AvgIpc) is 3.02. The van der Waals surface area contributed by atoms with Gasteiger partial charge in [-0.2, -0.15) is 8.78 Å². The lowest BCUT2D eigenvalue weighted by atomic mass is 9.91. The number of fused-ring (bicyclic) bond motifs is 1. The Morgan fingerprint density at radius 2 is 1.96 bits per heavy atom. The quantitative estimate of drug-likeness (QED) is 0.591. The molecule has 3 heterocycles. The predicted molar refractivity (Wildman–Crippen MR) is 83.4 cm³/mol. The van der Waals surface area contributed by atoms with Crippen LogP contribution in [-0.2, 0) is 11.3 Å². The van der Waals surface area contributed by atoms with Crippen LogP contribution in [0, 0.1) is 5.82 Å². The van der Waals surface area contributed by atoms with Gasteiger partial charge in [-0.25, -0.2) is 18.2 Å². The van der Waals surface area contributed by atoms with Crippen LogP contribution in [0.2, 0.25) is 0 Å². The average molecular weight is 401 g/mol. The maximum absolute atomic E-state index is 14.3. The van der Waals surface area contributed by atoms with Crippen LogP contribution in [0.4, 0.5) is 22.0 Å². The number of alkyl halides is 4. The highest BCUT2D eigenvalue weighted by molar-refractivity contribution is 5.59. The third-order valence-electron chi connectivity index (χ3n) is 4.14. The molecule has 0 amide bonds. The van der Waals surface area contributed by atoms with E-state index in [2.05, 4.69) is 24.9 Å². The van der Waals surface area contributed by atoms with Gasteiger partial charge in [0, 0.05) is 30.8 Å². The minimum absolute atomic E-state index is 0.109. The van der Waals surface area contributed by atoms with Gasteiger partial charge in [-0.1, -0.05) is 0 Å². The summed E-state index contributed by atoms with van der Waals surface area (Å²) in [6.45, 7) is -3.44. The molecular weight excluding hydrogens is 389 g/mol. The predicted octanol–water partition coefficient (Wildman–Crippen LogP) is 3.24. The Morgan fingerprint density at radius 3 is 2.64 bits per heavy atom. The number of pyridine rings is 1. The van der Waals surface area contributed by atoms with Crippen molar-refractivity contribution in [1.29, 1.82) is 0 Å². The molecule has 148 valence electrons. The van der Waals surface area contributed by atoms with Crippen LogP contribution in [0.25, 0.3) is 16.9 Å². The summed E-state index contributed by atoms with van der Waals surface area (Å²) in [7, 11) is 0. The molecule has 0 N–H and O–H groups in total. The first-order chi connectivity index (χ1) is 13.3. The second-order valence-corrected chi connectivity index (χ2v) is 6.20. The van der Waals surface area contributed by atoms with Crippen LogP contribution < -0.4 is 4.74 Å². The standard InChI is InChI=1S/C16H12F5N5O2/c17-10-1-8(4-23-14(10)28-9-2-16(20,21)3-9)11-6-26-12(5-22-11)24-25-13(26)7-27-15(18)19/h1,4-6,9,15H,2-3,7H2.